The monoisotopic (exact) mass is 157 g/mol. The molecule has 66 valence electrons. The molecular weight excluding hydrogens is 138 g/mol. The van der Waals surface area contributed by atoms with E-state index in [1.807, 2.05) is 0 Å². The highest BCUT2D eigenvalue weighted by Gasteiger charge is 2.24. The van der Waals surface area contributed by atoms with Crippen LogP contribution in [0.25, 0.3) is 0 Å². The highest BCUT2D eigenvalue weighted by Crippen LogP contribution is 2.27. The van der Waals surface area contributed by atoms with Gasteiger partial charge in [-0.3, -0.25) is 0 Å². The van der Waals surface area contributed by atoms with Gasteiger partial charge in [-0.2, -0.15) is 0 Å². The van der Waals surface area contributed by atoms with Gasteiger partial charge in [0.15, 0.2) is 0 Å². The highest BCUT2D eigenvalue weighted by atomic mass is 16.5. The lowest BCUT2D eigenvalue weighted by atomic mass is 9.80. The molecule has 11 heavy (non-hydrogen) atoms. The number of ether oxygens (including phenoxy) is 1. The maximum Gasteiger partial charge on any atom is 0.0490 e. The van der Waals surface area contributed by atoms with Gasteiger partial charge < -0.3 is 10.5 Å². The largest absolute Gasteiger partial charge is 0.384 e. The molecular formula is C9H19NO. The van der Waals surface area contributed by atoms with Gasteiger partial charge in [0.1, 0.15) is 0 Å². The molecule has 0 aromatic rings. The number of rotatable bonds is 2. The van der Waals surface area contributed by atoms with Crippen LogP contribution in [-0.2, 0) is 4.74 Å². The molecule has 0 aromatic heterocycles. The Morgan fingerprint density at radius 3 is 2.73 bits per heavy atom. The third-order valence-corrected chi connectivity index (χ3v) is 2.75. The first kappa shape index (κ1) is 9.01. The van der Waals surface area contributed by atoms with Crippen LogP contribution in [0.5, 0.6) is 0 Å². The van der Waals surface area contributed by atoms with E-state index in [-0.39, 0.29) is 0 Å². The van der Waals surface area contributed by atoms with Crippen molar-refractivity contribution in [1.29, 1.82) is 0 Å². The zero-order valence-corrected chi connectivity index (χ0v) is 7.55. The van der Waals surface area contributed by atoms with Gasteiger partial charge in [-0.15, -0.1) is 0 Å². The van der Waals surface area contributed by atoms with Crippen LogP contribution in [0, 0.1) is 11.8 Å². The van der Waals surface area contributed by atoms with Gasteiger partial charge in [0.2, 0.25) is 0 Å². The molecule has 3 atom stereocenters. The van der Waals surface area contributed by atoms with Crippen molar-refractivity contribution in [3.05, 3.63) is 0 Å². The molecule has 2 N–H and O–H groups in total. The molecule has 0 spiro atoms. The van der Waals surface area contributed by atoms with Crippen molar-refractivity contribution in [3.63, 3.8) is 0 Å². The van der Waals surface area contributed by atoms with Crippen molar-refractivity contribution in [2.75, 3.05) is 13.7 Å². The number of nitrogens with two attached hydrogens (primary N) is 1. The molecule has 0 heterocycles. The van der Waals surface area contributed by atoms with E-state index in [1.54, 1.807) is 7.11 Å². The lowest BCUT2D eigenvalue weighted by Gasteiger charge is -2.31. The summed E-state index contributed by atoms with van der Waals surface area (Å²) in [5, 5.41) is 0. The van der Waals surface area contributed by atoms with Gasteiger partial charge in [-0.25, -0.2) is 0 Å². The lowest BCUT2D eigenvalue weighted by Crippen LogP contribution is -2.35. The summed E-state index contributed by atoms with van der Waals surface area (Å²) in [7, 11) is 1.78. The minimum absolute atomic E-state index is 0.433. The Bertz CT molecular complexity index is 116. The van der Waals surface area contributed by atoms with E-state index in [4.69, 9.17) is 10.5 Å². The van der Waals surface area contributed by atoms with Crippen LogP contribution in [0.4, 0.5) is 0 Å². The summed E-state index contributed by atoms with van der Waals surface area (Å²) in [5.74, 6) is 1.44. The van der Waals surface area contributed by atoms with Gasteiger partial charge in [-0.05, 0) is 31.1 Å². The molecule has 1 aliphatic carbocycles. The zero-order chi connectivity index (χ0) is 8.27. The number of methoxy groups -OCH3 is 1. The minimum Gasteiger partial charge on any atom is -0.384 e. The van der Waals surface area contributed by atoms with Crippen molar-refractivity contribution < 1.29 is 4.74 Å². The van der Waals surface area contributed by atoms with Gasteiger partial charge >= 0.3 is 0 Å². The predicted octanol–water partition coefficient (Wildman–Crippen LogP) is 1.40. The molecule has 1 saturated carbocycles. The maximum absolute atomic E-state index is 5.90. The van der Waals surface area contributed by atoms with Crippen molar-refractivity contribution in [3.8, 4) is 0 Å². The van der Waals surface area contributed by atoms with Crippen LogP contribution >= 0.6 is 0 Å². The molecule has 2 heteroatoms. The second-order valence-corrected chi connectivity index (χ2v) is 3.78. The van der Waals surface area contributed by atoms with E-state index in [1.165, 1.54) is 19.3 Å². The summed E-state index contributed by atoms with van der Waals surface area (Å²) >= 11 is 0. The summed E-state index contributed by atoms with van der Waals surface area (Å²) in [6.45, 7) is 3.16. The van der Waals surface area contributed by atoms with Crippen LogP contribution in [0.15, 0.2) is 0 Å². The Balaban J connectivity index is 2.28. The van der Waals surface area contributed by atoms with E-state index < -0.39 is 0 Å². The first-order valence-corrected chi connectivity index (χ1v) is 4.48. The fourth-order valence-electron chi connectivity index (χ4n) is 1.92. The second kappa shape index (κ2) is 4.07. The van der Waals surface area contributed by atoms with Crippen molar-refractivity contribution >= 4 is 0 Å². The Morgan fingerprint density at radius 1 is 1.45 bits per heavy atom. The zero-order valence-electron chi connectivity index (χ0n) is 7.55. The summed E-state index contributed by atoms with van der Waals surface area (Å²) in [5.41, 5.74) is 5.90. The smallest absolute Gasteiger partial charge is 0.0490 e. The van der Waals surface area contributed by atoms with Crippen LogP contribution < -0.4 is 5.73 Å². The van der Waals surface area contributed by atoms with E-state index >= 15 is 0 Å². The Labute approximate surface area is 69.1 Å². The molecule has 0 amide bonds. The topological polar surface area (TPSA) is 35.2 Å². The summed E-state index contributed by atoms with van der Waals surface area (Å²) in [6, 6.07) is 0.433. The first-order chi connectivity index (χ1) is 5.24. The second-order valence-electron chi connectivity index (χ2n) is 3.78. The Kier molecular flexibility index (Phi) is 3.34. The minimum atomic E-state index is 0.433. The molecule has 1 unspecified atom stereocenters. The number of hydrogen-bond acceptors (Lipinski definition) is 2. The van der Waals surface area contributed by atoms with Gasteiger partial charge in [0.05, 0.1) is 0 Å². The van der Waals surface area contributed by atoms with E-state index in [2.05, 4.69) is 6.92 Å². The first-order valence-electron chi connectivity index (χ1n) is 4.48. The van der Waals surface area contributed by atoms with Crippen molar-refractivity contribution in [1.82, 2.24) is 0 Å². The molecule has 1 aliphatic rings. The third kappa shape index (κ3) is 2.46. The van der Waals surface area contributed by atoms with Gasteiger partial charge in [0.25, 0.3) is 0 Å². The van der Waals surface area contributed by atoms with Gasteiger partial charge in [-0.1, -0.05) is 6.92 Å². The standard InChI is InChI=1S/C9H19NO/c1-7-5-8(6-11-2)3-4-9(7)10/h7-9H,3-6,10H2,1-2H3/t7-,8?,9+/m1/s1. The molecule has 1 fully saturated rings. The molecule has 0 saturated heterocycles. The number of hydrogen-bond donors (Lipinski definition) is 1. The Morgan fingerprint density at radius 2 is 2.18 bits per heavy atom. The molecule has 2 nitrogen and oxygen atoms in total. The maximum atomic E-state index is 5.90. The summed E-state index contributed by atoms with van der Waals surface area (Å²) in [4.78, 5) is 0. The predicted molar refractivity (Wildman–Crippen MR) is 46.4 cm³/mol. The molecule has 0 radical (unpaired) electrons. The Hall–Kier alpha value is -0.0800. The van der Waals surface area contributed by atoms with Crippen LogP contribution in [0.3, 0.4) is 0 Å². The van der Waals surface area contributed by atoms with Crippen molar-refractivity contribution in [2.24, 2.45) is 17.6 Å². The average Bonchev–Trinajstić information content (AvgIpc) is 1.98. The van der Waals surface area contributed by atoms with E-state index in [9.17, 15) is 0 Å². The van der Waals surface area contributed by atoms with Crippen LogP contribution in [0.1, 0.15) is 26.2 Å². The third-order valence-electron chi connectivity index (χ3n) is 2.75. The quantitative estimate of drug-likeness (QED) is 0.657. The van der Waals surface area contributed by atoms with E-state index in [0.717, 1.165) is 12.5 Å². The normalized spacial score (nSPS) is 39.0. The molecule has 0 aromatic carbocycles. The van der Waals surface area contributed by atoms with Gasteiger partial charge in [0, 0.05) is 19.8 Å². The SMILES string of the molecule is COCC1CC[C@H](N)[C@H](C)C1. The summed E-state index contributed by atoms with van der Waals surface area (Å²) in [6.07, 6.45) is 3.67. The van der Waals surface area contributed by atoms with Crippen LogP contribution in [-0.4, -0.2) is 19.8 Å². The van der Waals surface area contributed by atoms with Crippen LogP contribution in [0.2, 0.25) is 0 Å². The fraction of sp³-hybridized carbons (Fsp3) is 1.00. The fourth-order valence-corrected chi connectivity index (χ4v) is 1.92. The molecule has 1 rings (SSSR count). The average molecular weight is 157 g/mol. The highest BCUT2D eigenvalue weighted by molar-refractivity contribution is 4.79. The van der Waals surface area contributed by atoms with Crippen molar-refractivity contribution in [2.45, 2.75) is 32.2 Å². The molecule has 0 bridgehead atoms. The van der Waals surface area contributed by atoms with E-state index in [0.29, 0.717) is 12.0 Å². The molecule has 0 aliphatic heterocycles. The lowest BCUT2D eigenvalue weighted by molar-refractivity contribution is 0.111. The summed E-state index contributed by atoms with van der Waals surface area (Å²) < 4.78 is 5.12.